The van der Waals surface area contributed by atoms with Gasteiger partial charge in [0.25, 0.3) is 0 Å². The first-order valence-corrected chi connectivity index (χ1v) is 5.02. The number of aromatic nitrogens is 2. The van der Waals surface area contributed by atoms with E-state index in [-0.39, 0.29) is 10.9 Å². The van der Waals surface area contributed by atoms with Crippen LogP contribution in [0.3, 0.4) is 0 Å². The third kappa shape index (κ3) is 2.05. The van der Waals surface area contributed by atoms with E-state index in [2.05, 4.69) is 14.9 Å². The van der Waals surface area contributed by atoms with E-state index in [1.807, 2.05) is 0 Å². The molecule has 0 unspecified atom stereocenters. The SMILES string of the molecule is CC(C)NS(=O)(=O)c1cn[nH]c1. The number of nitrogens with one attached hydrogen (secondary N) is 2. The number of rotatable bonds is 3. The van der Waals surface area contributed by atoms with Crippen LogP contribution in [0.4, 0.5) is 0 Å². The van der Waals surface area contributed by atoms with E-state index in [1.165, 1.54) is 12.4 Å². The summed E-state index contributed by atoms with van der Waals surface area (Å²) >= 11 is 0. The number of aromatic amines is 1. The summed E-state index contributed by atoms with van der Waals surface area (Å²) < 4.78 is 25.1. The number of nitrogens with zero attached hydrogens (tertiary/aromatic N) is 1. The van der Waals surface area contributed by atoms with Gasteiger partial charge in [0.2, 0.25) is 10.0 Å². The van der Waals surface area contributed by atoms with Crippen LogP contribution < -0.4 is 4.72 Å². The highest BCUT2D eigenvalue weighted by atomic mass is 32.2. The lowest BCUT2D eigenvalue weighted by Gasteiger charge is -2.06. The molecule has 0 fully saturated rings. The largest absolute Gasteiger partial charge is 0.284 e. The van der Waals surface area contributed by atoms with E-state index in [1.54, 1.807) is 13.8 Å². The van der Waals surface area contributed by atoms with Crippen molar-refractivity contribution in [3.63, 3.8) is 0 Å². The molecule has 0 saturated heterocycles. The molecule has 0 aromatic carbocycles. The average molecular weight is 189 g/mol. The quantitative estimate of drug-likeness (QED) is 0.708. The van der Waals surface area contributed by atoms with Gasteiger partial charge < -0.3 is 0 Å². The van der Waals surface area contributed by atoms with Gasteiger partial charge in [0, 0.05) is 12.2 Å². The third-order valence-electron chi connectivity index (χ3n) is 1.17. The fourth-order valence-corrected chi connectivity index (χ4v) is 1.92. The highest BCUT2D eigenvalue weighted by Crippen LogP contribution is 2.04. The van der Waals surface area contributed by atoms with Gasteiger partial charge in [0.15, 0.2) is 0 Å². The summed E-state index contributed by atoms with van der Waals surface area (Å²) in [5, 5.41) is 5.99. The van der Waals surface area contributed by atoms with Crippen molar-refractivity contribution in [3.8, 4) is 0 Å². The van der Waals surface area contributed by atoms with Gasteiger partial charge in [-0.3, -0.25) is 5.10 Å². The first kappa shape index (κ1) is 9.21. The van der Waals surface area contributed by atoms with Crippen LogP contribution in [0.2, 0.25) is 0 Å². The minimum absolute atomic E-state index is 0.107. The fourth-order valence-electron chi connectivity index (χ4n) is 0.764. The van der Waals surface area contributed by atoms with Gasteiger partial charge in [0.1, 0.15) is 4.90 Å². The molecule has 0 saturated carbocycles. The van der Waals surface area contributed by atoms with Crippen molar-refractivity contribution in [1.82, 2.24) is 14.9 Å². The van der Waals surface area contributed by atoms with E-state index < -0.39 is 10.0 Å². The van der Waals surface area contributed by atoms with Crippen molar-refractivity contribution in [2.45, 2.75) is 24.8 Å². The maximum Gasteiger partial charge on any atom is 0.243 e. The maximum absolute atomic E-state index is 11.3. The fraction of sp³-hybridized carbons (Fsp3) is 0.500. The van der Waals surface area contributed by atoms with E-state index in [0.29, 0.717) is 0 Å². The molecule has 1 heterocycles. The molecule has 12 heavy (non-hydrogen) atoms. The Hall–Kier alpha value is -0.880. The summed E-state index contributed by atoms with van der Waals surface area (Å²) in [6.07, 6.45) is 2.61. The molecule has 5 nitrogen and oxygen atoms in total. The van der Waals surface area contributed by atoms with Crippen molar-refractivity contribution in [3.05, 3.63) is 12.4 Å². The molecule has 0 amide bonds. The first-order valence-electron chi connectivity index (χ1n) is 3.53. The van der Waals surface area contributed by atoms with Gasteiger partial charge in [-0.15, -0.1) is 0 Å². The predicted octanol–water partition coefficient (Wildman–Crippen LogP) is 0.0964. The zero-order valence-electron chi connectivity index (χ0n) is 6.90. The zero-order chi connectivity index (χ0) is 9.19. The van der Waals surface area contributed by atoms with Crippen LogP contribution in [0, 0.1) is 0 Å². The van der Waals surface area contributed by atoms with Gasteiger partial charge >= 0.3 is 0 Å². The minimum Gasteiger partial charge on any atom is -0.284 e. The Morgan fingerprint density at radius 1 is 1.58 bits per heavy atom. The van der Waals surface area contributed by atoms with Gasteiger partial charge in [-0.25, -0.2) is 13.1 Å². The molecule has 0 radical (unpaired) electrons. The summed E-state index contributed by atoms with van der Waals surface area (Å²) in [7, 11) is -3.36. The Morgan fingerprint density at radius 2 is 2.25 bits per heavy atom. The van der Waals surface area contributed by atoms with Crippen molar-refractivity contribution >= 4 is 10.0 Å². The highest BCUT2D eigenvalue weighted by molar-refractivity contribution is 7.89. The Bertz CT molecular complexity index is 328. The van der Waals surface area contributed by atoms with Crippen LogP contribution in [0.1, 0.15) is 13.8 Å². The lowest BCUT2D eigenvalue weighted by molar-refractivity contribution is 0.570. The molecule has 1 aromatic rings. The molecule has 0 aliphatic heterocycles. The van der Waals surface area contributed by atoms with E-state index in [9.17, 15) is 8.42 Å². The van der Waals surface area contributed by atoms with Crippen LogP contribution in [0.25, 0.3) is 0 Å². The summed E-state index contributed by atoms with van der Waals surface area (Å²) in [5.74, 6) is 0. The predicted molar refractivity (Wildman–Crippen MR) is 44.0 cm³/mol. The molecular formula is C6H11N3O2S. The molecule has 6 heteroatoms. The van der Waals surface area contributed by atoms with Crippen LogP contribution in [0.15, 0.2) is 17.3 Å². The van der Waals surface area contributed by atoms with Gasteiger partial charge in [-0.1, -0.05) is 0 Å². The van der Waals surface area contributed by atoms with Gasteiger partial charge in [-0.05, 0) is 13.8 Å². The Kier molecular flexibility index (Phi) is 2.49. The smallest absolute Gasteiger partial charge is 0.243 e. The van der Waals surface area contributed by atoms with E-state index in [4.69, 9.17) is 0 Å². The number of H-pyrrole nitrogens is 1. The summed E-state index contributed by atoms with van der Waals surface area (Å²) in [6, 6.07) is -0.107. The van der Waals surface area contributed by atoms with Crippen molar-refractivity contribution in [2.75, 3.05) is 0 Å². The lowest BCUT2D eigenvalue weighted by Crippen LogP contribution is -2.29. The van der Waals surface area contributed by atoms with E-state index >= 15 is 0 Å². The van der Waals surface area contributed by atoms with E-state index in [0.717, 1.165) is 0 Å². The summed E-state index contributed by atoms with van der Waals surface area (Å²) in [4.78, 5) is 0.163. The summed E-state index contributed by atoms with van der Waals surface area (Å²) in [6.45, 7) is 3.52. The monoisotopic (exact) mass is 189 g/mol. The van der Waals surface area contributed by atoms with Crippen molar-refractivity contribution in [1.29, 1.82) is 0 Å². The standard InChI is InChI=1S/C6H11N3O2S/c1-5(2)9-12(10,11)6-3-7-8-4-6/h3-5,9H,1-2H3,(H,7,8). The molecule has 0 aliphatic rings. The molecular weight excluding hydrogens is 178 g/mol. The molecule has 68 valence electrons. The first-order chi connectivity index (χ1) is 5.52. The highest BCUT2D eigenvalue weighted by Gasteiger charge is 2.15. The normalized spacial score (nSPS) is 12.2. The maximum atomic E-state index is 11.3. The Morgan fingerprint density at radius 3 is 2.67 bits per heavy atom. The third-order valence-corrected chi connectivity index (χ3v) is 2.80. The minimum atomic E-state index is -3.36. The second kappa shape index (κ2) is 3.24. The number of hydrogen-bond acceptors (Lipinski definition) is 3. The van der Waals surface area contributed by atoms with Crippen molar-refractivity contribution in [2.24, 2.45) is 0 Å². The molecule has 0 aliphatic carbocycles. The average Bonchev–Trinajstić information content (AvgIpc) is 2.32. The van der Waals surface area contributed by atoms with Crippen LogP contribution in [0.5, 0.6) is 0 Å². The van der Waals surface area contributed by atoms with Crippen LogP contribution in [-0.4, -0.2) is 24.7 Å². The Labute approximate surface area is 71.2 Å². The molecule has 2 N–H and O–H groups in total. The number of sulfonamides is 1. The van der Waals surface area contributed by atoms with Gasteiger partial charge in [-0.2, -0.15) is 5.10 Å². The molecule has 1 rings (SSSR count). The molecule has 1 aromatic heterocycles. The second-order valence-corrected chi connectivity index (χ2v) is 4.42. The summed E-state index contributed by atoms with van der Waals surface area (Å²) in [5.41, 5.74) is 0. The molecule has 0 spiro atoms. The molecule has 0 atom stereocenters. The van der Waals surface area contributed by atoms with Gasteiger partial charge in [0.05, 0.1) is 6.20 Å². The lowest BCUT2D eigenvalue weighted by atomic mass is 10.4. The van der Waals surface area contributed by atoms with Crippen molar-refractivity contribution < 1.29 is 8.42 Å². The van der Waals surface area contributed by atoms with Crippen LogP contribution in [-0.2, 0) is 10.0 Å². The van der Waals surface area contributed by atoms with Crippen LogP contribution >= 0.6 is 0 Å². The Balaban J connectivity index is 2.88. The second-order valence-electron chi connectivity index (χ2n) is 2.71. The topological polar surface area (TPSA) is 74.8 Å². The number of hydrogen-bond donors (Lipinski definition) is 2. The molecule has 0 bridgehead atoms. The zero-order valence-corrected chi connectivity index (χ0v) is 7.72.